The fourth-order valence-electron chi connectivity index (χ4n) is 5.67. The molecule has 4 aromatic heterocycles. The summed E-state index contributed by atoms with van der Waals surface area (Å²) >= 11 is 0. The lowest BCUT2D eigenvalue weighted by Gasteiger charge is -2.20. The van der Waals surface area contributed by atoms with Gasteiger partial charge in [0.15, 0.2) is 0 Å². The molecule has 0 fully saturated rings. The molecular weight excluding hydrogens is 510 g/mol. The van der Waals surface area contributed by atoms with Crippen LogP contribution in [0, 0.1) is 6.92 Å². The molecule has 0 N–H and O–H groups in total. The zero-order chi connectivity index (χ0) is 27.5. The van der Waals surface area contributed by atoms with Gasteiger partial charge in [-0.15, -0.1) is 0 Å². The monoisotopic (exact) mass is 531 g/mol. The molecule has 0 amide bonds. The summed E-state index contributed by atoms with van der Waals surface area (Å²) in [7, 11) is 0. The summed E-state index contributed by atoms with van der Waals surface area (Å²) < 4.78 is 11.8. The maximum absolute atomic E-state index is 12.7. The Kier molecular flexibility index (Phi) is 5.09. The lowest BCUT2D eigenvalue weighted by molar-refractivity contribution is 0.469. The number of fused-ring (bicyclic) bond motifs is 7. The number of nitrogens with zero attached hydrogens (tertiary/aromatic N) is 3. The maximum atomic E-state index is 12.7. The number of ether oxygens (including phenoxy) is 1. The van der Waals surface area contributed by atoms with Gasteiger partial charge in [-0.3, -0.25) is 9.78 Å². The SMILES string of the molecule is Cc1c2ccccc2nc2oc3ccccc3c(=O)c12.c1ccc2c(c1)Oc1nc3ccccc3c3ccnc-2c13. The van der Waals surface area contributed by atoms with Crippen molar-refractivity contribution in [2.75, 3.05) is 0 Å². The molecule has 0 saturated carbocycles. The van der Waals surface area contributed by atoms with E-state index in [2.05, 4.69) is 21.0 Å². The summed E-state index contributed by atoms with van der Waals surface area (Å²) in [6, 6.07) is 33.2. The van der Waals surface area contributed by atoms with E-state index in [-0.39, 0.29) is 5.43 Å². The van der Waals surface area contributed by atoms with Crippen molar-refractivity contribution in [3.8, 4) is 22.9 Å². The zero-order valence-corrected chi connectivity index (χ0v) is 22.0. The molecule has 1 aliphatic rings. The third-order valence-electron chi connectivity index (χ3n) is 7.61. The van der Waals surface area contributed by atoms with Gasteiger partial charge in [0, 0.05) is 27.9 Å². The van der Waals surface area contributed by atoms with Crippen molar-refractivity contribution in [1.82, 2.24) is 15.0 Å². The average molecular weight is 532 g/mol. The highest BCUT2D eigenvalue weighted by Crippen LogP contribution is 2.45. The highest BCUT2D eigenvalue weighted by atomic mass is 16.5. The van der Waals surface area contributed by atoms with Gasteiger partial charge in [0.2, 0.25) is 17.0 Å². The largest absolute Gasteiger partial charge is 0.438 e. The van der Waals surface area contributed by atoms with E-state index in [0.717, 1.165) is 55.1 Å². The smallest absolute Gasteiger partial charge is 0.231 e. The lowest BCUT2D eigenvalue weighted by atomic mass is 9.99. The van der Waals surface area contributed by atoms with Crippen molar-refractivity contribution < 1.29 is 9.15 Å². The Balaban J connectivity index is 0.000000125. The summed E-state index contributed by atoms with van der Waals surface area (Å²) in [6.07, 6.45) is 1.86. The van der Waals surface area contributed by atoms with E-state index >= 15 is 0 Å². The molecule has 0 bridgehead atoms. The van der Waals surface area contributed by atoms with Crippen LogP contribution < -0.4 is 10.2 Å². The first kappa shape index (κ1) is 23.3. The Labute approximate surface area is 233 Å². The van der Waals surface area contributed by atoms with Crippen molar-refractivity contribution in [2.24, 2.45) is 0 Å². The van der Waals surface area contributed by atoms with E-state index < -0.39 is 0 Å². The van der Waals surface area contributed by atoms with Crippen LogP contribution >= 0.6 is 0 Å². The molecule has 0 atom stereocenters. The number of hydrogen-bond acceptors (Lipinski definition) is 6. The number of pyridine rings is 3. The van der Waals surface area contributed by atoms with Gasteiger partial charge in [0.05, 0.1) is 32.9 Å². The third-order valence-corrected chi connectivity index (χ3v) is 7.61. The summed E-state index contributed by atoms with van der Waals surface area (Å²) in [5.74, 6) is 1.46. The van der Waals surface area contributed by atoms with Crippen molar-refractivity contribution in [3.63, 3.8) is 0 Å². The molecule has 6 heteroatoms. The second kappa shape index (κ2) is 8.96. The topological polar surface area (TPSA) is 78.1 Å². The average Bonchev–Trinajstić information content (AvgIpc) is 3.02. The molecular formula is C35H21N3O3. The Morgan fingerprint density at radius 1 is 0.634 bits per heavy atom. The van der Waals surface area contributed by atoms with Crippen molar-refractivity contribution in [2.45, 2.75) is 6.92 Å². The van der Waals surface area contributed by atoms with Crippen LogP contribution in [-0.2, 0) is 0 Å². The quantitative estimate of drug-likeness (QED) is 0.145. The van der Waals surface area contributed by atoms with Crippen molar-refractivity contribution in [1.29, 1.82) is 0 Å². The number of benzene rings is 4. The highest BCUT2D eigenvalue weighted by molar-refractivity contribution is 6.13. The number of aromatic nitrogens is 3. The molecule has 5 heterocycles. The van der Waals surface area contributed by atoms with Gasteiger partial charge in [0.25, 0.3) is 0 Å². The molecule has 0 radical (unpaired) electrons. The van der Waals surface area contributed by atoms with Crippen LogP contribution in [0.25, 0.3) is 65.9 Å². The molecule has 9 rings (SSSR count). The molecule has 0 saturated heterocycles. The van der Waals surface area contributed by atoms with Gasteiger partial charge in [0.1, 0.15) is 11.3 Å². The van der Waals surface area contributed by atoms with Crippen LogP contribution in [0.3, 0.4) is 0 Å². The Hall–Kier alpha value is -5.62. The van der Waals surface area contributed by atoms with Gasteiger partial charge in [-0.25, -0.2) is 9.97 Å². The molecule has 8 aromatic rings. The third kappa shape index (κ3) is 3.58. The Morgan fingerprint density at radius 2 is 1.32 bits per heavy atom. The van der Waals surface area contributed by atoms with Crippen LogP contribution in [0.4, 0.5) is 0 Å². The van der Waals surface area contributed by atoms with Gasteiger partial charge in [-0.2, -0.15) is 0 Å². The zero-order valence-electron chi connectivity index (χ0n) is 22.0. The highest BCUT2D eigenvalue weighted by Gasteiger charge is 2.23. The number of rotatable bonds is 0. The minimum Gasteiger partial charge on any atom is -0.438 e. The summed E-state index contributed by atoms with van der Waals surface area (Å²) in [5.41, 5.74) is 5.64. The fraction of sp³-hybridized carbons (Fsp3) is 0.0286. The summed E-state index contributed by atoms with van der Waals surface area (Å²) in [6.45, 7) is 1.94. The van der Waals surface area contributed by atoms with Crippen LogP contribution in [0.5, 0.6) is 11.6 Å². The molecule has 0 unspecified atom stereocenters. The minimum atomic E-state index is -0.0161. The molecule has 6 nitrogen and oxygen atoms in total. The maximum Gasteiger partial charge on any atom is 0.231 e. The van der Waals surface area contributed by atoms with E-state index in [1.54, 1.807) is 12.1 Å². The fourth-order valence-corrected chi connectivity index (χ4v) is 5.67. The van der Waals surface area contributed by atoms with Crippen molar-refractivity contribution >= 4 is 54.6 Å². The van der Waals surface area contributed by atoms with Gasteiger partial charge >= 0.3 is 0 Å². The standard InChI is InChI=1S/C18H10N2O.C17H11NO2/c1-3-7-14-11(5-1)12-9-10-19-17-13-6-2-4-8-15(13)21-18(20-14)16(12)17;1-10-11-6-2-4-8-13(11)18-17-15(10)16(19)12-7-3-5-9-14(12)20-17/h1-10H;2-9H,1H3. The predicted molar refractivity (Wildman–Crippen MR) is 163 cm³/mol. The van der Waals surface area contributed by atoms with E-state index in [1.807, 2.05) is 98.0 Å². The van der Waals surface area contributed by atoms with Crippen LogP contribution in [-0.4, -0.2) is 15.0 Å². The van der Waals surface area contributed by atoms with Gasteiger partial charge < -0.3 is 9.15 Å². The molecule has 41 heavy (non-hydrogen) atoms. The molecule has 0 spiro atoms. The second-order valence-electron chi connectivity index (χ2n) is 9.98. The lowest BCUT2D eigenvalue weighted by Crippen LogP contribution is -2.05. The van der Waals surface area contributed by atoms with Crippen molar-refractivity contribution in [3.05, 3.63) is 125 Å². The first-order valence-electron chi connectivity index (χ1n) is 13.3. The van der Waals surface area contributed by atoms with E-state index in [1.165, 1.54) is 0 Å². The molecule has 4 aromatic carbocycles. The number of hydrogen-bond donors (Lipinski definition) is 0. The molecule has 194 valence electrons. The predicted octanol–water partition coefficient (Wildman–Crippen LogP) is 8.36. The first-order valence-corrected chi connectivity index (χ1v) is 13.3. The normalized spacial score (nSPS) is 11.8. The summed E-state index contributed by atoms with van der Waals surface area (Å²) in [4.78, 5) is 26.4. The van der Waals surface area contributed by atoms with E-state index in [4.69, 9.17) is 9.15 Å². The second-order valence-corrected chi connectivity index (χ2v) is 9.98. The molecule has 0 aliphatic carbocycles. The number of para-hydroxylation sites is 4. The van der Waals surface area contributed by atoms with Crippen LogP contribution in [0.15, 0.2) is 119 Å². The van der Waals surface area contributed by atoms with Crippen LogP contribution in [0.2, 0.25) is 0 Å². The number of aryl methyl sites for hydroxylation is 1. The van der Waals surface area contributed by atoms with Gasteiger partial charge in [-0.05, 0) is 55.0 Å². The Bertz CT molecular complexity index is 2390. The van der Waals surface area contributed by atoms with Crippen LogP contribution in [0.1, 0.15) is 5.56 Å². The van der Waals surface area contributed by atoms with E-state index in [0.29, 0.717) is 27.9 Å². The van der Waals surface area contributed by atoms with Gasteiger partial charge in [-0.1, -0.05) is 60.7 Å². The molecule has 1 aliphatic heterocycles. The Morgan fingerprint density at radius 3 is 2.17 bits per heavy atom. The first-order chi connectivity index (χ1) is 20.2. The summed E-state index contributed by atoms with van der Waals surface area (Å²) in [5, 5.41) is 5.41. The van der Waals surface area contributed by atoms with E-state index in [9.17, 15) is 4.79 Å². The minimum absolute atomic E-state index is 0.0161.